The van der Waals surface area contributed by atoms with Crippen molar-refractivity contribution in [3.8, 4) is 0 Å². The van der Waals surface area contributed by atoms with Crippen LogP contribution in [-0.4, -0.2) is 58.0 Å². The fraction of sp³-hybridized carbons (Fsp3) is 0.682. The van der Waals surface area contributed by atoms with E-state index in [0.717, 1.165) is 25.4 Å². The Morgan fingerprint density at radius 1 is 1.17 bits per heavy atom. The summed E-state index contributed by atoms with van der Waals surface area (Å²) >= 11 is 0. The number of benzene rings is 1. The molecule has 1 fully saturated rings. The first kappa shape index (κ1) is 24.6. The van der Waals surface area contributed by atoms with Gasteiger partial charge in [-0.15, -0.1) is 0 Å². The molecule has 0 unspecified atom stereocenters. The predicted molar refractivity (Wildman–Crippen MR) is 124 cm³/mol. The summed E-state index contributed by atoms with van der Waals surface area (Å²) < 4.78 is 28.3. The van der Waals surface area contributed by atoms with Gasteiger partial charge in [0.1, 0.15) is 0 Å². The average molecular weight is 438 g/mol. The molecule has 0 aliphatic carbocycles. The van der Waals surface area contributed by atoms with Gasteiger partial charge in [0.15, 0.2) is 5.96 Å². The van der Waals surface area contributed by atoms with E-state index in [9.17, 15) is 8.42 Å². The molecule has 0 bridgehead atoms. The Morgan fingerprint density at radius 2 is 1.83 bits per heavy atom. The van der Waals surface area contributed by atoms with Crippen molar-refractivity contribution in [2.24, 2.45) is 10.9 Å². The number of rotatable bonds is 8. The second-order valence-electron chi connectivity index (χ2n) is 9.19. The summed E-state index contributed by atoms with van der Waals surface area (Å²) in [6.07, 6.45) is 3.64. The number of aliphatic imine (C=N–C) groups is 1. The van der Waals surface area contributed by atoms with Crippen LogP contribution in [0, 0.1) is 5.92 Å². The Morgan fingerprint density at radius 3 is 2.47 bits per heavy atom. The van der Waals surface area contributed by atoms with Crippen molar-refractivity contribution in [3.05, 3.63) is 29.8 Å². The Labute approximate surface area is 182 Å². The summed E-state index contributed by atoms with van der Waals surface area (Å²) in [7, 11) is -1.87. The van der Waals surface area contributed by atoms with Crippen molar-refractivity contribution in [2.45, 2.75) is 63.9 Å². The molecule has 2 rings (SSSR count). The highest BCUT2D eigenvalue weighted by molar-refractivity contribution is 7.89. The Balaban J connectivity index is 1.85. The van der Waals surface area contributed by atoms with E-state index in [1.165, 1.54) is 25.9 Å². The Kier molecular flexibility index (Phi) is 9.12. The summed E-state index contributed by atoms with van der Waals surface area (Å²) in [5.41, 5.74) is 0.170. The van der Waals surface area contributed by atoms with Crippen LogP contribution in [0.15, 0.2) is 34.2 Å². The molecule has 0 spiro atoms. The predicted octanol–water partition coefficient (Wildman–Crippen LogP) is 2.55. The van der Waals surface area contributed by atoms with E-state index < -0.39 is 15.6 Å². The van der Waals surface area contributed by atoms with Crippen molar-refractivity contribution in [2.75, 3.05) is 33.2 Å². The van der Waals surface area contributed by atoms with Crippen LogP contribution in [0.3, 0.4) is 0 Å². The zero-order chi connectivity index (χ0) is 22.2. The van der Waals surface area contributed by atoms with Gasteiger partial charge in [0.05, 0.1) is 4.90 Å². The van der Waals surface area contributed by atoms with E-state index in [2.05, 4.69) is 32.2 Å². The number of nitrogens with zero attached hydrogens (tertiary/aromatic N) is 2. The fourth-order valence-corrected chi connectivity index (χ4v) is 5.22. The normalized spacial score (nSPS) is 17.2. The number of sulfonamides is 1. The number of hydrogen-bond donors (Lipinski definition) is 3. The molecule has 8 heteroatoms. The smallest absolute Gasteiger partial charge is 0.241 e. The molecule has 170 valence electrons. The highest BCUT2D eigenvalue weighted by Crippen LogP contribution is 2.18. The highest BCUT2D eigenvalue weighted by Gasteiger charge is 2.24. The maximum Gasteiger partial charge on any atom is 0.241 e. The van der Waals surface area contributed by atoms with Crippen LogP contribution in [-0.2, 0) is 16.6 Å². The maximum atomic E-state index is 12.8. The van der Waals surface area contributed by atoms with Crippen LogP contribution in [0.2, 0.25) is 0 Å². The van der Waals surface area contributed by atoms with E-state index in [0.29, 0.717) is 23.0 Å². The molecule has 7 nitrogen and oxygen atoms in total. The van der Waals surface area contributed by atoms with Gasteiger partial charge in [0, 0.05) is 25.7 Å². The third-order valence-electron chi connectivity index (χ3n) is 5.19. The van der Waals surface area contributed by atoms with E-state index in [4.69, 9.17) is 0 Å². The molecule has 1 heterocycles. The Bertz CT molecular complexity index is 794. The van der Waals surface area contributed by atoms with Crippen molar-refractivity contribution in [3.63, 3.8) is 0 Å². The highest BCUT2D eigenvalue weighted by atomic mass is 32.2. The lowest BCUT2D eigenvalue weighted by atomic mass is 9.99. The number of likely N-dealkylation sites (tertiary alicyclic amines) is 1. The van der Waals surface area contributed by atoms with E-state index in [1.54, 1.807) is 19.2 Å². The average Bonchev–Trinajstić information content (AvgIpc) is 2.67. The summed E-state index contributed by atoms with van der Waals surface area (Å²) in [5.74, 6) is 1.53. The van der Waals surface area contributed by atoms with Gasteiger partial charge in [-0.05, 0) is 77.2 Å². The van der Waals surface area contributed by atoms with Gasteiger partial charge in [-0.1, -0.05) is 25.1 Å². The molecule has 1 aliphatic rings. The maximum absolute atomic E-state index is 12.8. The second-order valence-corrected chi connectivity index (χ2v) is 10.8. The summed E-state index contributed by atoms with van der Waals surface area (Å²) in [6.45, 7) is 12.5. The van der Waals surface area contributed by atoms with Crippen LogP contribution in [0.5, 0.6) is 0 Å². The standard InChI is InChI=1S/C22H39N5O2S/c1-18-11-15-27(16-12-18)14-8-13-24-21(23-5)25-17-19-9-6-7-10-20(19)30(28,29)26-22(2,3)4/h6-7,9-10,18,26H,8,11-17H2,1-5H3,(H2,23,24,25). The van der Waals surface area contributed by atoms with Crippen molar-refractivity contribution < 1.29 is 8.42 Å². The van der Waals surface area contributed by atoms with Crippen LogP contribution >= 0.6 is 0 Å². The number of nitrogens with one attached hydrogen (secondary N) is 3. The molecule has 0 atom stereocenters. The van der Waals surface area contributed by atoms with E-state index in [-0.39, 0.29) is 0 Å². The number of guanidine groups is 1. The molecule has 0 amide bonds. The molecule has 1 aliphatic heterocycles. The lowest BCUT2D eigenvalue weighted by Gasteiger charge is -2.30. The molecular formula is C22H39N5O2S. The summed E-state index contributed by atoms with van der Waals surface area (Å²) in [4.78, 5) is 7.09. The molecule has 1 aromatic rings. The van der Waals surface area contributed by atoms with Crippen LogP contribution < -0.4 is 15.4 Å². The van der Waals surface area contributed by atoms with Crippen LogP contribution in [0.4, 0.5) is 0 Å². The van der Waals surface area contributed by atoms with Gasteiger partial charge >= 0.3 is 0 Å². The number of piperidine rings is 1. The van der Waals surface area contributed by atoms with E-state index >= 15 is 0 Å². The van der Waals surface area contributed by atoms with Crippen molar-refractivity contribution in [1.82, 2.24) is 20.3 Å². The first-order valence-corrected chi connectivity index (χ1v) is 12.4. The molecule has 30 heavy (non-hydrogen) atoms. The monoisotopic (exact) mass is 437 g/mol. The van der Waals surface area contributed by atoms with Gasteiger partial charge in [0.25, 0.3) is 0 Å². The third kappa shape index (κ3) is 8.24. The quantitative estimate of drug-likeness (QED) is 0.331. The SMILES string of the molecule is CN=C(NCCCN1CCC(C)CC1)NCc1ccccc1S(=O)(=O)NC(C)(C)C. The van der Waals surface area contributed by atoms with Crippen molar-refractivity contribution in [1.29, 1.82) is 0 Å². The molecule has 3 N–H and O–H groups in total. The zero-order valence-corrected chi connectivity index (χ0v) is 20.0. The lowest BCUT2D eigenvalue weighted by molar-refractivity contribution is 0.191. The fourth-order valence-electron chi connectivity index (χ4n) is 3.56. The molecule has 0 aromatic heterocycles. The number of hydrogen-bond acceptors (Lipinski definition) is 4. The summed E-state index contributed by atoms with van der Waals surface area (Å²) in [6, 6.07) is 7.06. The van der Waals surface area contributed by atoms with Gasteiger partial charge in [-0.25, -0.2) is 13.1 Å². The molecule has 0 radical (unpaired) electrons. The second kappa shape index (κ2) is 11.1. The first-order valence-electron chi connectivity index (χ1n) is 10.9. The summed E-state index contributed by atoms with van der Waals surface area (Å²) in [5, 5.41) is 6.57. The minimum Gasteiger partial charge on any atom is -0.356 e. The lowest BCUT2D eigenvalue weighted by Crippen LogP contribution is -2.41. The van der Waals surface area contributed by atoms with Crippen molar-refractivity contribution >= 4 is 16.0 Å². The van der Waals surface area contributed by atoms with Crippen LogP contribution in [0.1, 0.15) is 52.5 Å². The minimum absolute atomic E-state index is 0.294. The molecule has 1 aromatic carbocycles. The molecule has 1 saturated heterocycles. The zero-order valence-electron chi connectivity index (χ0n) is 19.2. The van der Waals surface area contributed by atoms with Gasteiger partial charge in [-0.2, -0.15) is 0 Å². The molecular weight excluding hydrogens is 398 g/mol. The minimum atomic E-state index is -3.60. The van der Waals surface area contributed by atoms with Gasteiger partial charge in [0.2, 0.25) is 10.0 Å². The van der Waals surface area contributed by atoms with Gasteiger partial charge in [-0.3, -0.25) is 4.99 Å². The van der Waals surface area contributed by atoms with E-state index in [1.807, 2.05) is 32.9 Å². The Hall–Kier alpha value is -1.64. The molecule has 0 saturated carbocycles. The van der Waals surface area contributed by atoms with Crippen LogP contribution in [0.25, 0.3) is 0 Å². The third-order valence-corrected chi connectivity index (χ3v) is 7.05. The largest absolute Gasteiger partial charge is 0.356 e. The first-order chi connectivity index (χ1) is 14.1. The topological polar surface area (TPSA) is 85.8 Å². The van der Waals surface area contributed by atoms with Gasteiger partial charge < -0.3 is 15.5 Å².